The number of pyridine rings is 1. The average Bonchev–Trinajstić information content (AvgIpc) is 3.05. The molecule has 0 saturated carbocycles. The van der Waals surface area contributed by atoms with Gasteiger partial charge in [0, 0.05) is 16.4 Å². The predicted molar refractivity (Wildman–Crippen MR) is 110 cm³/mol. The largest absolute Gasteiger partial charge is 0.342 e. The van der Waals surface area contributed by atoms with Crippen LogP contribution in [-0.4, -0.2) is 28.3 Å². The van der Waals surface area contributed by atoms with Crippen molar-refractivity contribution in [3.05, 3.63) is 63.2 Å². The lowest BCUT2D eigenvalue weighted by Gasteiger charge is -2.09. The van der Waals surface area contributed by atoms with Crippen molar-refractivity contribution in [1.82, 2.24) is 15.3 Å². The average molecular weight is 445 g/mol. The fraction of sp³-hybridized carbons (Fsp3) is 0.158. The van der Waals surface area contributed by atoms with E-state index < -0.39 is 0 Å². The number of hydrogen-bond acceptors (Lipinski definition) is 5. The number of amides is 2. The molecule has 0 spiro atoms. The number of nitrogens with one attached hydrogen (secondary N) is 2. The first-order valence-corrected chi connectivity index (χ1v) is 9.78. The van der Waals surface area contributed by atoms with Gasteiger partial charge in [-0.2, -0.15) is 0 Å². The minimum Gasteiger partial charge on any atom is -0.342 e. The van der Waals surface area contributed by atoms with Crippen LogP contribution in [0.15, 0.2) is 47.1 Å². The number of rotatable bonds is 5. The van der Waals surface area contributed by atoms with Crippen LogP contribution in [0.25, 0.3) is 10.7 Å². The number of anilines is 1. The quantitative estimate of drug-likeness (QED) is 0.623. The van der Waals surface area contributed by atoms with Gasteiger partial charge in [0.15, 0.2) is 0 Å². The number of thiazole rings is 1. The number of aromatic nitrogens is 2. The van der Waals surface area contributed by atoms with Crippen molar-refractivity contribution >= 4 is 44.8 Å². The Hall–Kier alpha value is -2.58. The zero-order valence-electron chi connectivity index (χ0n) is 14.7. The smallest absolute Gasteiger partial charge is 0.263 e. The third-order valence-electron chi connectivity index (χ3n) is 3.76. The van der Waals surface area contributed by atoms with Crippen molar-refractivity contribution in [3.8, 4) is 10.7 Å². The van der Waals surface area contributed by atoms with E-state index in [-0.39, 0.29) is 18.4 Å². The number of aryl methyl sites for hydroxylation is 2. The number of carbonyl (C=O) groups is 2. The maximum absolute atomic E-state index is 12.4. The van der Waals surface area contributed by atoms with E-state index in [0.29, 0.717) is 27.0 Å². The van der Waals surface area contributed by atoms with E-state index in [1.54, 1.807) is 13.1 Å². The van der Waals surface area contributed by atoms with Gasteiger partial charge in [0.05, 0.1) is 17.9 Å². The molecule has 0 aliphatic carbocycles. The zero-order chi connectivity index (χ0) is 19.4. The molecule has 2 N–H and O–H groups in total. The molecule has 27 heavy (non-hydrogen) atoms. The molecule has 2 aromatic heterocycles. The van der Waals surface area contributed by atoms with E-state index in [1.165, 1.54) is 11.3 Å². The Morgan fingerprint density at radius 2 is 2.00 bits per heavy atom. The van der Waals surface area contributed by atoms with Gasteiger partial charge in [-0.05, 0) is 49.7 Å². The van der Waals surface area contributed by atoms with E-state index in [9.17, 15) is 9.59 Å². The molecule has 6 nitrogen and oxygen atoms in total. The lowest BCUT2D eigenvalue weighted by atomic mass is 10.2. The fourth-order valence-corrected chi connectivity index (χ4v) is 3.84. The van der Waals surface area contributed by atoms with Gasteiger partial charge in [-0.15, -0.1) is 11.3 Å². The molecule has 3 aromatic rings. The third-order valence-corrected chi connectivity index (χ3v) is 5.43. The molecule has 1 aromatic carbocycles. The van der Waals surface area contributed by atoms with Crippen molar-refractivity contribution < 1.29 is 9.59 Å². The Bertz CT molecular complexity index is 989. The van der Waals surface area contributed by atoms with Gasteiger partial charge in [-0.3, -0.25) is 14.6 Å². The van der Waals surface area contributed by atoms with Crippen molar-refractivity contribution in [2.75, 3.05) is 11.9 Å². The highest BCUT2D eigenvalue weighted by Gasteiger charge is 2.17. The van der Waals surface area contributed by atoms with E-state index >= 15 is 0 Å². The summed E-state index contributed by atoms with van der Waals surface area (Å²) in [6.45, 7) is 3.55. The van der Waals surface area contributed by atoms with Crippen LogP contribution in [0.1, 0.15) is 20.9 Å². The van der Waals surface area contributed by atoms with Crippen molar-refractivity contribution in [1.29, 1.82) is 0 Å². The molecule has 3 rings (SSSR count). The summed E-state index contributed by atoms with van der Waals surface area (Å²) in [7, 11) is 0. The maximum atomic E-state index is 12.4. The number of hydrogen-bond donors (Lipinski definition) is 2. The summed E-state index contributed by atoms with van der Waals surface area (Å²) in [4.78, 5) is 33.7. The van der Waals surface area contributed by atoms with Crippen molar-refractivity contribution in [2.24, 2.45) is 0 Å². The molecule has 0 saturated heterocycles. The second kappa shape index (κ2) is 8.41. The summed E-state index contributed by atoms with van der Waals surface area (Å²) in [5.74, 6) is -0.615. The first-order chi connectivity index (χ1) is 12.9. The molecular formula is C19H17BrN4O2S. The number of halogens is 1. The fourth-order valence-electron chi connectivity index (χ4n) is 2.41. The highest BCUT2D eigenvalue weighted by Crippen LogP contribution is 2.26. The molecule has 2 heterocycles. The van der Waals surface area contributed by atoms with Crippen LogP contribution in [0.4, 0.5) is 5.69 Å². The van der Waals surface area contributed by atoms with Crippen LogP contribution in [0.5, 0.6) is 0 Å². The normalized spacial score (nSPS) is 10.5. The van der Waals surface area contributed by atoms with Gasteiger partial charge in [-0.25, -0.2) is 4.98 Å². The minimum atomic E-state index is -0.324. The van der Waals surface area contributed by atoms with Crippen LogP contribution in [-0.2, 0) is 4.79 Å². The topological polar surface area (TPSA) is 84.0 Å². The Kier molecular flexibility index (Phi) is 5.98. The minimum absolute atomic E-state index is 0.120. The van der Waals surface area contributed by atoms with Crippen molar-refractivity contribution in [3.63, 3.8) is 0 Å². The molecule has 8 heteroatoms. The molecule has 2 amide bonds. The second-order valence-electron chi connectivity index (χ2n) is 5.84. The molecule has 138 valence electrons. The van der Waals surface area contributed by atoms with Crippen LogP contribution in [0.3, 0.4) is 0 Å². The van der Waals surface area contributed by atoms with Gasteiger partial charge >= 0.3 is 0 Å². The second-order valence-corrected chi connectivity index (χ2v) is 7.75. The summed E-state index contributed by atoms with van der Waals surface area (Å²) >= 11 is 4.64. The van der Waals surface area contributed by atoms with Gasteiger partial charge < -0.3 is 10.6 Å². The molecule has 0 atom stereocenters. The lowest BCUT2D eigenvalue weighted by Crippen LogP contribution is -2.32. The van der Waals surface area contributed by atoms with Crippen LogP contribution >= 0.6 is 27.3 Å². The number of carbonyl (C=O) groups excluding carboxylic acids is 2. The molecular weight excluding hydrogens is 428 g/mol. The molecule has 0 unspecified atom stereocenters. The first kappa shape index (κ1) is 19.2. The van der Waals surface area contributed by atoms with Gasteiger partial charge in [-0.1, -0.05) is 22.0 Å². The molecule has 0 fully saturated rings. The summed E-state index contributed by atoms with van der Waals surface area (Å²) in [6.07, 6.45) is 1.68. The van der Waals surface area contributed by atoms with E-state index in [0.717, 1.165) is 10.0 Å². The van der Waals surface area contributed by atoms with E-state index in [2.05, 4.69) is 36.5 Å². The highest BCUT2D eigenvalue weighted by molar-refractivity contribution is 9.10. The SMILES string of the molecule is Cc1cc(Br)ccc1NC(=O)CNC(=O)c1sc(-c2ccccn2)nc1C. The van der Waals surface area contributed by atoms with Crippen LogP contribution in [0, 0.1) is 13.8 Å². The van der Waals surface area contributed by atoms with Crippen molar-refractivity contribution in [2.45, 2.75) is 13.8 Å². The maximum Gasteiger partial charge on any atom is 0.263 e. The third kappa shape index (κ3) is 4.78. The van der Waals surface area contributed by atoms with Crippen LogP contribution in [0.2, 0.25) is 0 Å². The highest BCUT2D eigenvalue weighted by atomic mass is 79.9. The number of nitrogens with zero attached hydrogens (tertiary/aromatic N) is 2. The van der Waals surface area contributed by atoms with Gasteiger partial charge in [0.2, 0.25) is 5.91 Å². The monoisotopic (exact) mass is 444 g/mol. The summed E-state index contributed by atoms with van der Waals surface area (Å²) < 4.78 is 0.940. The molecule has 0 bridgehead atoms. The molecule has 0 radical (unpaired) electrons. The predicted octanol–water partition coefficient (Wildman–Crippen LogP) is 3.95. The van der Waals surface area contributed by atoms with E-state index in [1.807, 2.05) is 43.3 Å². The first-order valence-electron chi connectivity index (χ1n) is 8.17. The summed E-state index contributed by atoms with van der Waals surface area (Å²) in [6, 6.07) is 11.1. The standard InChI is InChI=1S/C19H17BrN4O2S/c1-11-9-13(20)6-7-14(11)24-16(25)10-22-18(26)17-12(2)23-19(27-17)15-5-3-4-8-21-15/h3-9H,10H2,1-2H3,(H,22,26)(H,24,25). The zero-order valence-corrected chi connectivity index (χ0v) is 17.1. The Balaban J connectivity index is 1.62. The Morgan fingerprint density at radius 3 is 2.70 bits per heavy atom. The van der Waals surface area contributed by atoms with Crippen LogP contribution < -0.4 is 10.6 Å². The summed E-state index contributed by atoms with van der Waals surface area (Å²) in [5, 5.41) is 6.11. The Labute approximate surface area is 169 Å². The van der Waals surface area contributed by atoms with Gasteiger partial charge in [0.1, 0.15) is 9.88 Å². The van der Waals surface area contributed by atoms with E-state index in [4.69, 9.17) is 0 Å². The van der Waals surface area contributed by atoms with Gasteiger partial charge in [0.25, 0.3) is 5.91 Å². The Morgan fingerprint density at radius 1 is 1.19 bits per heavy atom. The lowest BCUT2D eigenvalue weighted by molar-refractivity contribution is -0.115. The molecule has 0 aliphatic heterocycles. The molecule has 0 aliphatic rings. The number of benzene rings is 1. The summed E-state index contributed by atoms with van der Waals surface area (Å²) in [5.41, 5.74) is 2.97.